The number of aryl methyl sites for hydroxylation is 1. The molecule has 1 aromatic rings. The van der Waals surface area contributed by atoms with Crippen molar-refractivity contribution in [1.29, 1.82) is 0 Å². The van der Waals surface area contributed by atoms with E-state index in [1.165, 1.54) is 6.07 Å². The number of nitrogens with two attached hydrogens (primary N) is 1. The van der Waals surface area contributed by atoms with Crippen LogP contribution in [0.3, 0.4) is 0 Å². The molecular formula is C10H11Cl2NO2. The maximum absolute atomic E-state index is 11.1. The summed E-state index contributed by atoms with van der Waals surface area (Å²) in [6.07, 6.45) is 0. The first-order chi connectivity index (χ1) is 6.91. The average molecular weight is 248 g/mol. The average Bonchev–Trinajstić information content (AvgIpc) is 2.20. The standard InChI is InChI=1S/C10H11Cl2NO2/c1-6-2-3-7(4-8(6)12)10(15,5-11)9(13)14/h2-4,15H,5H2,1H3,(H2,13,14). The number of rotatable bonds is 3. The minimum atomic E-state index is -1.86. The largest absolute Gasteiger partial charge is 0.374 e. The Morgan fingerprint density at radius 2 is 2.20 bits per heavy atom. The fraction of sp³-hybridized carbons (Fsp3) is 0.300. The maximum atomic E-state index is 11.1. The zero-order chi connectivity index (χ0) is 11.6. The third-order valence-corrected chi connectivity index (χ3v) is 3.04. The summed E-state index contributed by atoms with van der Waals surface area (Å²) in [6, 6.07) is 4.76. The van der Waals surface area contributed by atoms with Gasteiger partial charge in [0.1, 0.15) is 0 Å². The number of carbonyl (C=O) groups is 1. The third-order valence-electron chi connectivity index (χ3n) is 2.25. The highest BCUT2D eigenvalue weighted by Gasteiger charge is 2.35. The van der Waals surface area contributed by atoms with Crippen molar-refractivity contribution in [3.63, 3.8) is 0 Å². The molecule has 1 amide bonds. The van der Waals surface area contributed by atoms with Gasteiger partial charge in [-0.05, 0) is 24.1 Å². The fourth-order valence-corrected chi connectivity index (χ4v) is 1.60. The number of benzene rings is 1. The summed E-state index contributed by atoms with van der Waals surface area (Å²) in [7, 11) is 0. The van der Waals surface area contributed by atoms with Crippen LogP contribution in [0.5, 0.6) is 0 Å². The lowest BCUT2D eigenvalue weighted by Crippen LogP contribution is -2.42. The van der Waals surface area contributed by atoms with E-state index in [-0.39, 0.29) is 5.88 Å². The number of carbonyl (C=O) groups excluding carboxylic acids is 1. The van der Waals surface area contributed by atoms with Gasteiger partial charge in [-0.25, -0.2) is 0 Å². The van der Waals surface area contributed by atoms with E-state index in [0.717, 1.165) is 5.56 Å². The maximum Gasteiger partial charge on any atom is 0.255 e. The zero-order valence-electron chi connectivity index (χ0n) is 8.13. The van der Waals surface area contributed by atoms with E-state index in [1.54, 1.807) is 12.1 Å². The van der Waals surface area contributed by atoms with Crippen molar-refractivity contribution < 1.29 is 9.90 Å². The first-order valence-electron chi connectivity index (χ1n) is 4.26. The van der Waals surface area contributed by atoms with Crippen LogP contribution in [0, 0.1) is 6.92 Å². The normalized spacial score (nSPS) is 14.7. The number of aliphatic hydroxyl groups is 1. The van der Waals surface area contributed by atoms with Gasteiger partial charge in [0, 0.05) is 5.02 Å². The van der Waals surface area contributed by atoms with Gasteiger partial charge in [-0.3, -0.25) is 4.79 Å². The van der Waals surface area contributed by atoms with Crippen LogP contribution in [0.1, 0.15) is 11.1 Å². The van der Waals surface area contributed by atoms with Crippen molar-refractivity contribution in [3.05, 3.63) is 34.3 Å². The monoisotopic (exact) mass is 247 g/mol. The van der Waals surface area contributed by atoms with Crippen molar-refractivity contribution in [2.45, 2.75) is 12.5 Å². The third kappa shape index (κ3) is 2.25. The Balaban J connectivity index is 3.25. The Morgan fingerprint density at radius 1 is 1.60 bits per heavy atom. The highest BCUT2D eigenvalue weighted by Crippen LogP contribution is 2.26. The summed E-state index contributed by atoms with van der Waals surface area (Å²) in [5, 5.41) is 10.4. The van der Waals surface area contributed by atoms with Gasteiger partial charge in [0.2, 0.25) is 0 Å². The van der Waals surface area contributed by atoms with Crippen LogP contribution in [0.4, 0.5) is 0 Å². The number of primary amides is 1. The summed E-state index contributed by atoms with van der Waals surface area (Å²) >= 11 is 11.4. The Morgan fingerprint density at radius 3 is 2.60 bits per heavy atom. The van der Waals surface area contributed by atoms with E-state index in [0.29, 0.717) is 10.6 Å². The Hall–Kier alpha value is -0.770. The molecule has 3 nitrogen and oxygen atoms in total. The molecule has 0 bridgehead atoms. The molecule has 0 aliphatic heterocycles. The van der Waals surface area contributed by atoms with Crippen molar-refractivity contribution >= 4 is 29.1 Å². The van der Waals surface area contributed by atoms with E-state index in [1.807, 2.05) is 6.92 Å². The first kappa shape index (κ1) is 12.3. The number of halogens is 2. The Kier molecular flexibility index (Phi) is 3.60. The lowest BCUT2D eigenvalue weighted by Gasteiger charge is -2.22. The molecule has 0 saturated carbocycles. The lowest BCUT2D eigenvalue weighted by atomic mass is 9.94. The molecule has 0 aliphatic rings. The van der Waals surface area contributed by atoms with Gasteiger partial charge >= 0.3 is 0 Å². The van der Waals surface area contributed by atoms with Crippen molar-refractivity contribution in [3.8, 4) is 0 Å². The molecule has 3 N–H and O–H groups in total. The van der Waals surface area contributed by atoms with Crippen molar-refractivity contribution in [2.75, 3.05) is 5.88 Å². The van der Waals surface area contributed by atoms with Gasteiger partial charge in [0.25, 0.3) is 5.91 Å². The van der Waals surface area contributed by atoms with Crippen LogP contribution in [0.2, 0.25) is 5.02 Å². The van der Waals surface area contributed by atoms with E-state index in [4.69, 9.17) is 28.9 Å². The topological polar surface area (TPSA) is 63.3 Å². The molecule has 0 fully saturated rings. The van der Waals surface area contributed by atoms with Gasteiger partial charge in [-0.1, -0.05) is 23.7 Å². The molecule has 1 rings (SSSR count). The molecular weight excluding hydrogens is 237 g/mol. The highest BCUT2D eigenvalue weighted by molar-refractivity contribution is 6.31. The van der Waals surface area contributed by atoms with E-state index in [2.05, 4.69) is 0 Å². The minimum Gasteiger partial charge on any atom is -0.374 e. The Bertz CT molecular complexity index is 395. The summed E-state index contributed by atoms with van der Waals surface area (Å²) in [6.45, 7) is 1.82. The number of hydrogen-bond acceptors (Lipinski definition) is 2. The molecule has 1 atom stereocenters. The van der Waals surface area contributed by atoms with Crippen LogP contribution in [0.15, 0.2) is 18.2 Å². The van der Waals surface area contributed by atoms with Crippen LogP contribution < -0.4 is 5.73 Å². The molecule has 15 heavy (non-hydrogen) atoms. The second-order valence-electron chi connectivity index (χ2n) is 3.32. The predicted octanol–water partition coefficient (Wildman–Crippen LogP) is 1.56. The first-order valence-corrected chi connectivity index (χ1v) is 5.18. The fourth-order valence-electron chi connectivity index (χ4n) is 1.14. The molecule has 0 radical (unpaired) electrons. The summed E-state index contributed by atoms with van der Waals surface area (Å²) in [5.74, 6) is -1.20. The van der Waals surface area contributed by atoms with E-state index in [9.17, 15) is 9.90 Å². The van der Waals surface area contributed by atoms with Gasteiger partial charge in [0.05, 0.1) is 5.88 Å². The second kappa shape index (κ2) is 4.39. The SMILES string of the molecule is Cc1ccc(C(O)(CCl)C(N)=O)cc1Cl. The minimum absolute atomic E-state index is 0.304. The number of amides is 1. The zero-order valence-corrected chi connectivity index (χ0v) is 9.64. The summed E-state index contributed by atoms with van der Waals surface area (Å²) < 4.78 is 0. The van der Waals surface area contributed by atoms with Crippen molar-refractivity contribution in [2.24, 2.45) is 5.73 Å². The van der Waals surface area contributed by atoms with Crippen LogP contribution in [-0.2, 0) is 10.4 Å². The van der Waals surface area contributed by atoms with Crippen LogP contribution in [-0.4, -0.2) is 16.9 Å². The van der Waals surface area contributed by atoms with Gasteiger partial charge in [-0.15, -0.1) is 11.6 Å². The van der Waals surface area contributed by atoms with Crippen LogP contribution >= 0.6 is 23.2 Å². The molecule has 0 spiro atoms. The number of alkyl halides is 1. The Labute approximate surface area is 97.8 Å². The summed E-state index contributed by atoms with van der Waals surface area (Å²) in [5.41, 5.74) is 4.38. The number of hydrogen-bond donors (Lipinski definition) is 2. The second-order valence-corrected chi connectivity index (χ2v) is 4.00. The van der Waals surface area contributed by atoms with Gasteiger partial charge in [-0.2, -0.15) is 0 Å². The van der Waals surface area contributed by atoms with Crippen molar-refractivity contribution in [1.82, 2.24) is 0 Å². The molecule has 1 aromatic carbocycles. The molecule has 0 aliphatic carbocycles. The van der Waals surface area contributed by atoms with Gasteiger partial charge in [0.15, 0.2) is 5.60 Å². The highest BCUT2D eigenvalue weighted by atomic mass is 35.5. The van der Waals surface area contributed by atoms with E-state index >= 15 is 0 Å². The predicted molar refractivity (Wildman–Crippen MR) is 60.0 cm³/mol. The molecule has 0 heterocycles. The quantitative estimate of drug-likeness (QED) is 0.797. The van der Waals surface area contributed by atoms with Crippen LogP contribution in [0.25, 0.3) is 0 Å². The van der Waals surface area contributed by atoms with Gasteiger partial charge < -0.3 is 10.8 Å². The van der Waals surface area contributed by atoms with E-state index < -0.39 is 11.5 Å². The molecule has 0 aromatic heterocycles. The molecule has 1 unspecified atom stereocenters. The summed E-state index contributed by atoms with van der Waals surface area (Å²) in [4.78, 5) is 11.1. The molecule has 82 valence electrons. The molecule has 5 heteroatoms. The smallest absolute Gasteiger partial charge is 0.255 e. The molecule has 0 saturated heterocycles. The lowest BCUT2D eigenvalue weighted by molar-refractivity contribution is -0.135.